The van der Waals surface area contributed by atoms with E-state index in [0.29, 0.717) is 0 Å². The van der Waals surface area contributed by atoms with E-state index in [-0.39, 0.29) is 13.0 Å². The van der Waals surface area contributed by atoms with Crippen LogP contribution in [0.4, 0.5) is 13.2 Å². The van der Waals surface area contributed by atoms with E-state index >= 15 is 0 Å². The molecule has 0 heterocycles. The third kappa shape index (κ3) is 7.08. The van der Waals surface area contributed by atoms with Crippen LogP contribution in [0.2, 0.25) is 0 Å². The highest BCUT2D eigenvalue weighted by molar-refractivity contribution is 4.64. The van der Waals surface area contributed by atoms with Crippen molar-refractivity contribution in [3.63, 3.8) is 0 Å². The van der Waals surface area contributed by atoms with Gasteiger partial charge < -0.3 is 5.32 Å². The zero-order valence-corrected chi connectivity index (χ0v) is 5.20. The molecule has 0 rings (SSSR count). The molecule has 10 heavy (non-hydrogen) atoms. The third-order valence-electron chi connectivity index (χ3n) is 0.841. The zero-order chi connectivity index (χ0) is 8.04. The third-order valence-corrected chi connectivity index (χ3v) is 0.841. The molecule has 1 N–H and O–H groups in total. The molecule has 0 atom stereocenters. The topological polar surface area (TPSA) is 35.8 Å². The zero-order valence-electron chi connectivity index (χ0n) is 5.20. The summed E-state index contributed by atoms with van der Waals surface area (Å²) in [5, 5.41) is 9.98. The van der Waals surface area contributed by atoms with Gasteiger partial charge in [0.15, 0.2) is 6.19 Å². The minimum atomic E-state index is -4.10. The van der Waals surface area contributed by atoms with Gasteiger partial charge in [0, 0.05) is 13.0 Å². The largest absolute Gasteiger partial charge is 0.389 e. The van der Waals surface area contributed by atoms with Crippen molar-refractivity contribution in [2.45, 2.75) is 19.0 Å². The summed E-state index contributed by atoms with van der Waals surface area (Å²) >= 11 is 0. The highest BCUT2D eigenvalue weighted by Gasteiger charge is 2.25. The van der Waals surface area contributed by atoms with Gasteiger partial charge in [-0.05, 0) is 6.42 Å². The van der Waals surface area contributed by atoms with Crippen molar-refractivity contribution in [3.8, 4) is 6.19 Å². The summed E-state index contributed by atoms with van der Waals surface area (Å²) in [6.45, 7) is 0.0933. The molecule has 0 spiro atoms. The second-order valence-electron chi connectivity index (χ2n) is 1.76. The number of alkyl halides is 3. The lowest BCUT2D eigenvalue weighted by Crippen LogP contribution is -2.13. The molecule has 0 aliphatic carbocycles. The van der Waals surface area contributed by atoms with E-state index in [2.05, 4.69) is 5.32 Å². The van der Waals surface area contributed by atoms with Crippen molar-refractivity contribution in [1.29, 1.82) is 5.26 Å². The number of rotatable bonds is 3. The van der Waals surface area contributed by atoms with Crippen LogP contribution in [-0.4, -0.2) is 12.7 Å². The second kappa shape index (κ2) is 3.99. The van der Waals surface area contributed by atoms with Gasteiger partial charge in [-0.2, -0.15) is 18.4 Å². The molecular formula is C5H7F3N2. The maximum absolute atomic E-state index is 11.4. The van der Waals surface area contributed by atoms with Crippen molar-refractivity contribution in [3.05, 3.63) is 0 Å². The first-order valence-electron chi connectivity index (χ1n) is 2.75. The molecule has 2 nitrogen and oxygen atoms in total. The van der Waals surface area contributed by atoms with Gasteiger partial charge in [-0.15, -0.1) is 0 Å². The number of hydrogen-bond donors (Lipinski definition) is 1. The van der Waals surface area contributed by atoms with Gasteiger partial charge in [0.05, 0.1) is 0 Å². The van der Waals surface area contributed by atoms with Crippen molar-refractivity contribution in [2.75, 3.05) is 6.54 Å². The Kier molecular flexibility index (Phi) is 3.62. The highest BCUT2D eigenvalue weighted by atomic mass is 19.4. The van der Waals surface area contributed by atoms with Crippen LogP contribution in [-0.2, 0) is 0 Å². The van der Waals surface area contributed by atoms with Crippen LogP contribution in [0.25, 0.3) is 0 Å². The molecule has 0 amide bonds. The number of hydrogen-bond acceptors (Lipinski definition) is 2. The van der Waals surface area contributed by atoms with Crippen molar-refractivity contribution in [1.82, 2.24) is 5.32 Å². The van der Waals surface area contributed by atoms with E-state index in [1.165, 1.54) is 6.19 Å². The fraction of sp³-hybridized carbons (Fsp3) is 0.800. The van der Waals surface area contributed by atoms with Crippen LogP contribution in [0.3, 0.4) is 0 Å². The molecular weight excluding hydrogens is 145 g/mol. The molecule has 58 valence electrons. The molecule has 0 bridgehead atoms. The van der Waals surface area contributed by atoms with Gasteiger partial charge in [0.1, 0.15) is 0 Å². The Bertz CT molecular complexity index is 124. The summed E-state index contributed by atoms with van der Waals surface area (Å²) in [5.41, 5.74) is 0. The lowest BCUT2D eigenvalue weighted by Gasteiger charge is -2.03. The minimum Gasteiger partial charge on any atom is -0.324 e. The first-order valence-corrected chi connectivity index (χ1v) is 2.75. The number of nitriles is 1. The van der Waals surface area contributed by atoms with Crippen LogP contribution in [0, 0.1) is 11.5 Å². The van der Waals surface area contributed by atoms with Crippen LogP contribution in [0.15, 0.2) is 0 Å². The van der Waals surface area contributed by atoms with Gasteiger partial charge in [-0.25, -0.2) is 0 Å². The van der Waals surface area contributed by atoms with Gasteiger partial charge >= 0.3 is 6.18 Å². The Labute approximate surface area is 56.6 Å². The number of nitrogens with one attached hydrogen (secondary N) is 1. The first kappa shape index (κ1) is 9.08. The van der Waals surface area contributed by atoms with Crippen molar-refractivity contribution >= 4 is 0 Å². The van der Waals surface area contributed by atoms with Crippen LogP contribution >= 0.6 is 0 Å². The molecule has 5 heteroatoms. The minimum absolute atomic E-state index is 0.0446. The summed E-state index contributed by atoms with van der Waals surface area (Å²) in [5.74, 6) is 0. The molecule has 0 aromatic heterocycles. The number of halogens is 3. The maximum Gasteiger partial charge on any atom is 0.389 e. The molecule has 0 aliphatic heterocycles. The lowest BCUT2D eigenvalue weighted by molar-refractivity contribution is -0.135. The van der Waals surface area contributed by atoms with Crippen molar-refractivity contribution in [2.24, 2.45) is 0 Å². The maximum atomic E-state index is 11.4. The van der Waals surface area contributed by atoms with E-state index in [4.69, 9.17) is 5.26 Å². The molecule has 0 fully saturated rings. The normalized spacial score (nSPS) is 10.6. The second-order valence-corrected chi connectivity index (χ2v) is 1.76. The fourth-order valence-electron chi connectivity index (χ4n) is 0.433. The fourth-order valence-corrected chi connectivity index (χ4v) is 0.433. The monoisotopic (exact) mass is 152 g/mol. The summed E-state index contributed by atoms with van der Waals surface area (Å²) in [6.07, 6.45) is -3.44. The van der Waals surface area contributed by atoms with Crippen molar-refractivity contribution < 1.29 is 13.2 Å². The Balaban J connectivity index is 3.14. The van der Waals surface area contributed by atoms with Crippen LogP contribution < -0.4 is 5.32 Å². The lowest BCUT2D eigenvalue weighted by atomic mass is 10.3. The summed E-state index contributed by atoms with van der Waals surface area (Å²) < 4.78 is 34.1. The first-order chi connectivity index (χ1) is 4.56. The molecule has 0 aromatic carbocycles. The van der Waals surface area contributed by atoms with Gasteiger partial charge in [0.25, 0.3) is 0 Å². The molecule has 0 aliphatic rings. The Hall–Kier alpha value is -0.920. The van der Waals surface area contributed by atoms with E-state index in [9.17, 15) is 13.2 Å². The average molecular weight is 152 g/mol. The Morgan fingerprint density at radius 3 is 2.40 bits per heavy atom. The molecule has 0 unspecified atom stereocenters. The highest BCUT2D eigenvalue weighted by Crippen LogP contribution is 2.20. The van der Waals surface area contributed by atoms with Crippen LogP contribution in [0.1, 0.15) is 12.8 Å². The molecule has 0 aromatic rings. The van der Waals surface area contributed by atoms with E-state index in [0.717, 1.165) is 0 Å². The Morgan fingerprint density at radius 1 is 1.40 bits per heavy atom. The summed E-state index contributed by atoms with van der Waals surface area (Å²) in [6, 6.07) is 0. The van der Waals surface area contributed by atoms with E-state index < -0.39 is 12.6 Å². The van der Waals surface area contributed by atoms with Crippen LogP contribution in [0.5, 0.6) is 0 Å². The molecule has 0 saturated carbocycles. The number of nitrogens with zero attached hydrogens (tertiary/aromatic N) is 1. The predicted molar refractivity (Wildman–Crippen MR) is 28.9 cm³/mol. The predicted octanol–water partition coefficient (Wildman–Crippen LogP) is 1.40. The standard InChI is InChI=1S/C5H7F3N2/c6-5(7,8)2-1-3-10-4-9/h10H,1-3H2. The van der Waals surface area contributed by atoms with Gasteiger partial charge in [0.2, 0.25) is 0 Å². The van der Waals surface area contributed by atoms with Gasteiger partial charge in [-0.3, -0.25) is 0 Å². The molecule has 0 saturated heterocycles. The van der Waals surface area contributed by atoms with Gasteiger partial charge in [-0.1, -0.05) is 0 Å². The smallest absolute Gasteiger partial charge is 0.324 e. The van der Waals surface area contributed by atoms with E-state index in [1.54, 1.807) is 0 Å². The quantitative estimate of drug-likeness (QED) is 0.377. The van der Waals surface area contributed by atoms with E-state index in [1.807, 2.05) is 0 Å². The summed E-state index contributed by atoms with van der Waals surface area (Å²) in [4.78, 5) is 0. The molecule has 0 radical (unpaired) electrons. The Morgan fingerprint density at radius 2 is 2.00 bits per heavy atom. The average Bonchev–Trinajstić information content (AvgIpc) is 1.78. The SMILES string of the molecule is N#CNCCCC(F)(F)F. The summed E-state index contributed by atoms with van der Waals surface area (Å²) in [7, 11) is 0.